The van der Waals surface area contributed by atoms with Crippen LogP contribution in [0.5, 0.6) is 5.75 Å². The summed E-state index contributed by atoms with van der Waals surface area (Å²) in [4.78, 5) is 28.6. The Morgan fingerprint density at radius 2 is 1.52 bits per heavy atom. The van der Waals surface area contributed by atoms with Crippen molar-refractivity contribution < 1.29 is 14.3 Å². The Bertz CT molecular complexity index is 1230. The lowest BCUT2D eigenvalue weighted by Crippen LogP contribution is -2.33. The highest BCUT2D eigenvalue weighted by atomic mass is 16.5. The number of hydrogen-bond acceptors (Lipinski definition) is 4. The number of carbonyl (C=O) groups excluding carboxylic acids is 2. The second kappa shape index (κ2) is 8.11. The number of anilines is 2. The fraction of sp³-hybridized carbons (Fsp3) is 0.154. The number of aryl methyl sites for hydroxylation is 3. The molecule has 0 aromatic heterocycles. The van der Waals surface area contributed by atoms with Gasteiger partial charge >= 0.3 is 0 Å². The fourth-order valence-electron chi connectivity index (χ4n) is 3.77. The third-order valence-corrected chi connectivity index (χ3v) is 5.47. The van der Waals surface area contributed by atoms with Gasteiger partial charge in [0.2, 0.25) is 0 Å². The molecule has 5 heteroatoms. The third kappa shape index (κ3) is 3.59. The second-order valence-corrected chi connectivity index (χ2v) is 7.63. The molecule has 3 aromatic rings. The van der Waals surface area contributed by atoms with E-state index in [-0.39, 0.29) is 17.5 Å². The van der Waals surface area contributed by atoms with Gasteiger partial charge in [0, 0.05) is 11.3 Å². The van der Waals surface area contributed by atoms with Gasteiger partial charge in [-0.05, 0) is 55.7 Å². The molecule has 1 aliphatic heterocycles. The Balaban J connectivity index is 1.91. The molecule has 0 bridgehead atoms. The third-order valence-electron chi connectivity index (χ3n) is 5.47. The molecule has 1 aliphatic rings. The van der Waals surface area contributed by atoms with Gasteiger partial charge < -0.3 is 10.1 Å². The Hall–Kier alpha value is -3.86. The van der Waals surface area contributed by atoms with Crippen molar-refractivity contribution in [2.24, 2.45) is 0 Å². The van der Waals surface area contributed by atoms with Gasteiger partial charge in [-0.25, -0.2) is 4.90 Å². The van der Waals surface area contributed by atoms with Crippen LogP contribution >= 0.6 is 0 Å². The maximum absolute atomic E-state index is 13.7. The molecule has 3 aromatic carbocycles. The van der Waals surface area contributed by atoms with Crippen LogP contribution in [0.1, 0.15) is 22.3 Å². The van der Waals surface area contributed by atoms with E-state index >= 15 is 0 Å². The number of ether oxygens (including phenoxy) is 1. The minimum atomic E-state index is -0.386. The molecule has 0 saturated carbocycles. The number of carbonyl (C=O) groups is 2. The summed E-state index contributed by atoms with van der Waals surface area (Å²) in [6, 6.07) is 20.7. The molecule has 156 valence electrons. The normalized spacial score (nSPS) is 13.7. The quantitative estimate of drug-likeness (QED) is 0.598. The van der Waals surface area contributed by atoms with Crippen molar-refractivity contribution >= 4 is 28.8 Å². The first-order valence-electron chi connectivity index (χ1n) is 10.1. The topological polar surface area (TPSA) is 58.6 Å². The highest BCUT2D eigenvalue weighted by Crippen LogP contribution is 2.38. The van der Waals surface area contributed by atoms with Crippen LogP contribution in [0, 0.1) is 20.8 Å². The van der Waals surface area contributed by atoms with Gasteiger partial charge in [-0.1, -0.05) is 48.5 Å². The first-order valence-corrected chi connectivity index (χ1v) is 10.1. The molecule has 1 N–H and O–H groups in total. The van der Waals surface area contributed by atoms with Gasteiger partial charge in [-0.15, -0.1) is 0 Å². The molecule has 5 nitrogen and oxygen atoms in total. The predicted molar refractivity (Wildman–Crippen MR) is 123 cm³/mol. The van der Waals surface area contributed by atoms with E-state index in [2.05, 4.69) is 5.32 Å². The Morgan fingerprint density at radius 3 is 2.26 bits per heavy atom. The van der Waals surface area contributed by atoms with Crippen LogP contribution in [0.15, 0.2) is 72.4 Å². The maximum atomic E-state index is 13.7. The zero-order valence-electron chi connectivity index (χ0n) is 18.0. The lowest BCUT2D eigenvalue weighted by atomic mass is 10.0. The molecule has 4 rings (SSSR count). The summed E-state index contributed by atoms with van der Waals surface area (Å²) in [6.07, 6.45) is 0. The highest BCUT2D eigenvalue weighted by molar-refractivity contribution is 6.46. The van der Waals surface area contributed by atoms with Crippen LogP contribution in [0.25, 0.3) is 5.57 Å². The van der Waals surface area contributed by atoms with Crippen molar-refractivity contribution in [3.63, 3.8) is 0 Å². The molecule has 0 unspecified atom stereocenters. The van der Waals surface area contributed by atoms with E-state index < -0.39 is 0 Å². The van der Waals surface area contributed by atoms with Crippen LogP contribution in [0.4, 0.5) is 11.4 Å². The molecule has 0 aliphatic carbocycles. The van der Waals surface area contributed by atoms with Crippen LogP contribution < -0.4 is 15.0 Å². The average molecular weight is 412 g/mol. The first-order chi connectivity index (χ1) is 14.9. The van der Waals surface area contributed by atoms with E-state index in [1.165, 1.54) is 4.90 Å². The van der Waals surface area contributed by atoms with Crippen molar-refractivity contribution in [1.29, 1.82) is 0 Å². The number of nitrogens with one attached hydrogen (secondary N) is 1. The average Bonchev–Trinajstić information content (AvgIpc) is 3.00. The van der Waals surface area contributed by atoms with Crippen LogP contribution in [0.2, 0.25) is 0 Å². The fourth-order valence-corrected chi connectivity index (χ4v) is 3.77. The van der Waals surface area contributed by atoms with E-state index in [4.69, 9.17) is 4.74 Å². The number of imide groups is 1. The van der Waals surface area contributed by atoms with Crippen LogP contribution in [0.3, 0.4) is 0 Å². The molecule has 0 atom stereocenters. The van der Waals surface area contributed by atoms with Crippen molar-refractivity contribution in [2.75, 3.05) is 17.3 Å². The summed E-state index contributed by atoms with van der Waals surface area (Å²) in [5.74, 6) is -0.229. The highest BCUT2D eigenvalue weighted by Gasteiger charge is 2.41. The number of amides is 2. The van der Waals surface area contributed by atoms with E-state index in [1.54, 1.807) is 19.2 Å². The number of hydrogen-bond donors (Lipinski definition) is 1. The van der Waals surface area contributed by atoms with Gasteiger partial charge in [0.05, 0.1) is 18.4 Å². The lowest BCUT2D eigenvalue weighted by molar-refractivity contribution is -0.120. The van der Waals surface area contributed by atoms with E-state index in [0.29, 0.717) is 22.6 Å². The molecule has 31 heavy (non-hydrogen) atoms. The number of nitrogens with zero attached hydrogens (tertiary/aromatic N) is 1. The lowest BCUT2D eigenvalue weighted by Gasteiger charge is -2.19. The molecule has 0 saturated heterocycles. The molecular weight excluding hydrogens is 388 g/mol. The number of rotatable bonds is 5. The van der Waals surface area contributed by atoms with Gasteiger partial charge in [-0.2, -0.15) is 0 Å². The summed E-state index contributed by atoms with van der Waals surface area (Å²) in [6.45, 7) is 5.79. The van der Waals surface area contributed by atoms with Crippen molar-refractivity contribution in [3.8, 4) is 5.75 Å². The van der Waals surface area contributed by atoms with Crippen LogP contribution in [-0.4, -0.2) is 18.9 Å². The molecule has 0 fully saturated rings. The van der Waals surface area contributed by atoms with Crippen LogP contribution in [-0.2, 0) is 9.59 Å². The second-order valence-electron chi connectivity index (χ2n) is 7.63. The molecule has 0 radical (unpaired) electrons. The minimum absolute atomic E-state index is 0.240. The number of methoxy groups -OCH3 is 1. The number of benzene rings is 3. The van der Waals surface area contributed by atoms with Crippen molar-refractivity contribution in [1.82, 2.24) is 0 Å². The zero-order valence-corrected chi connectivity index (χ0v) is 18.0. The van der Waals surface area contributed by atoms with Crippen molar-refractivity contribution in [2.45, 2.75) is 20.8 Å². The Labute approximate surface area is 182 Å². The maximum Gasteiger partial charge on any atom is 0.282 e. The summed E-state index contributed by atoms with van der Waals surface area (Å²) in [7, 11) is 1.55. The van der Waals surface area contributed by atoms with Gasteiger partial charge in [0.15, 0.2) is 0 Å². The molecular formula is C26H24N2O3. The summed E-state index contributed by atoms with van der Waals surface area (Å²) < 4.78 is 5.50. The molecule has 1 heterocycles. The Morgan fingerprint density at radius 1 is 0.806 bits per heavy atom. The van der Waals surface area contributed by atoms with E-state index in [0.717, 1.165) is 22.4 Å². The van der Waals surface area contributed by atoms with E-state index in [9.17, 15) is 9.59 Å². The van der Waals surface area contributed by atoms with E-state index in [1.807, 2.05) is 75.4 Å². The summed E-state index contributed by atoms with van der Waals surface area (Å²) in [5.41, 5.74) is 5.27. The minimum Gasteiger partial charge on any atom is -0.496 e. The van der Waals surface area contributed by atoms with Gasteiger partial charge in [-0.3, -0.25) is 9.59 Å². The SMILES string of the molecule is COc1ccccc1C1=C(Nc2ccccc2C)C(=O)N(c2cc(C)ccc2C)C1=O. The molecule has 0 spiro atoms. The number of para-hydroxylation sites is 2. The summed E-state index contributed by atoms with van der Waals surface area (Å²) >= 11 is 0. The molecule has 2 amide bonds. The standard InChI is InChI=1S/C26H24N2O3/c1-16-13-14-18(3)21(15-16)28-25(29)23(19-10-6-8-12-22(19)31-4)24(26(28)30)27-20-11-7-5-9-17(20)2/h5-15,27H,1-4H3. The predicted octanol–water partition coefficient (Wildman–Crippen LogP) is 5.02. The smallest absolute Gasteiger partial charge is 0.282 e. The van der Waals surface area contributed by atoms with Gasteiger partial charge in [0.1, 0.15) is 11.4 Å². The van der Waals surface area contributed by atoms with Gasteiger partial charge in [0.25, 0.3) is 11.8 Å². The Kier molecular flexibility index (Phi) is 5.34. The zero-order chi connectivity index (χ0) is 22.1. The monoisotopic (exact) mass is 412 g/mol. The summed E-state index contributed by atoms with van der Waals surface area (Å²) in [5, 5.41) is 3.24. The van der Waals surface area contributed by atoms with Crippen molar-refractivity contribution in [3.05, 3.63) is 94.7 Å². The largest absolute Gasteiger partial charge is 0.496 e. The first kappa shape index (κ1) is 20.4.